The van der Waals surface area contributed by atoms with E-state index < -0.39 is 48.7 Å². The first-order valence-electron chi connectivity index (χ1n) is 11.3. The molecule has 0 aromatic heterocycles. The van der Waals surface area contributed by atoms with Gasteiger partial charge in [-0.3, -0.25) is 9.59 Å². The molecule has 31 heavy (non-hydrogen) atoms. The van der Waals surface area contributed by atoms with Crippen LogP contribution in [0.3, 0.4) is 0 Å². The van der Waals surface area contributed by atoms with Gasteiger partial charge in [0.25, 0.3) is 0 Å². The van der Waals surface area contributed by atoms with E-state index in [1.807, 2.05) is 27.7 Å². The van der Waals surface area contributed by atoms with Crippen molar-refractivity contribution in [2.75, 3.05) is 0 Å². The number of aliphatic hydroxyl groups is 3. The second-order valence-corrected chi connectivity index (χ2v) is 9.19. The van der Waals surface area contributed by atoms with Gasteiger partial charge in [0.1, 0.15) is 24.4 Å². The highest BCUT2D eigenvalue weighted by Gasteiger charge is 2.45. The third-order valence-corrected chi connectivity index (χ3v) is 6.56. The lowest BCUT2D eigenvalue weighted by Crippen LogP contribution is -2.58. The summed E-state index contributed by atoms with van der Waals surface area (Å²) in [4.78, 5) is 25.5. The standard InChI is InChI=1S/C23H38O8/c1-7-17-11(2)8-9-16(24)12(3)10-13(4)21(14(5)22(28)30-17)31-23-20(27)19(26)18(25)15(6)29-23/h8-9,11-15,17-21,23,25-27H,7,10H2,1-6H3. The summed E-state index contributed by atoms with van der Waals surface area (Å²) in [5.41, 5.74) is 0. The summed E-state index contributed by atoms with van der Waals surface area (Å²) in [6.07, 6.45) is -2.84. The Morgan fingerprint density at radius 1 is 1.03 bits per heavy atom. The molecular formula is C23H38O8. The Bertz CT molecular complexity index is 649. The first kappa shape index (κ1) is 25.9. The molecule has 1 saturated heterocycles. The van der Waals surface area contributed by atoms with Crippen LogP contribution in [0.4, 0.5) is 0 Å². The minimum Gasteiger partial charge on any atom is -0.461 e. The number of carbonyl (C=O) groups is 2. The average molecular weight is 443 g/mol. The molecule has 0 aliphatic carbocycles. The predicted octanol–water partition coefficient (Wildman–Crippen LogP) is 1.59. The second kappa shape index (κ2) is 11.0. The molecule has 2 rings (SSSR count). The first-order valence-corrected chi connectivity index (χ1v) is 11.3. The third-order valence-electron chi connectivity index (χ3n) is 6.56. The molecule has 2 aliphatic heterocycles. The van der Waals surface area contributed by atoms with Crippen LogP contribution in [0.2, 0.25) is 0 Å². The Kier molecular flexibility index (Phi) is 9.21. The van der Waals surface area contributed by atoms with Gasteiger partial charge in [-0.2, -0.15) is 0 Å². The van der Waals surface area contributed by atoms with E-state index in [9.17, 15) is 24.9 Å². The van der Waals surface area contributed by atoms with Crippen LogP contribution in [0, 0.1) is 23.7 Å². The van der Waals surface area contributed by atoms with Crippen molar-refractivity contribution >= 4 is 11.8 Å². The van der Waals surface area contributed by atoms with Gasteiger partial charge in [-0.15, -0.1) is 0 Å². The van der Waals surface area contributed by atoms with Crippen LogP contribution in [0.25, 0.3) is 0 Å². The van der Waals surface area contributed by atoms with Crippen molar-refractivity contribution in [2.45, 2.75) is 97.3 Å². The Morgan fingerprint density at radius 3 is 2.29 bits per heavy atom. The molecule has 11 unspecified atom stereocenters. The number of ether oxygens (including phenoxy) is 3. The molecule has 11 atom stereocenters. The van der Waals surface area contributed by atoms with E-state index in [-0.39, 0.29) is 29.6 Å². The van der Waals surface area contributed by atoms with Gasteiger partial charge < -0.3 is 29.5 Å². The topological polar surface area (TPSA) is 123 Å². The lowest BCUT2D eigenvalue weighted by Gasteiger charge is -2.42. The fourth-order valence-electron chi connectivity index (χ4n) is 4.32. The molecule has 0 aromatic rings. The molecule has 0 saturated carbocycles. The van der Waals surface area contributed by atoms with E-state index >= 15 is 0 Å². The van der Waals surface area contributed by atoms with Crippen molar-refractivity contribution in [1.82, 2.24) is 0 Å². The normalized spacial score (nSPS) is 45.5. The quantitative estimate of drug-likeness (QED) is 0.563. The van der Waals surface area contributed by atoms with Crippen LogP contribution in [0.5, 0.6) is 0 Å². The van der Waals surface area contributed by atoms with E-state index in [2.05, 4.69) is 0 Å². The molecule has 8 heteroatoms. The minimum absolute atomic E-state index is 0.00651. The Labute approximate surface area is 184 Å². The van der Waals surface area contributed by atoms with Crippen molar-refractivity contribution in [3.63, 3.8) is 0 Å². The minimum atomic E-state index is -1.48. The highest BCUT2D eigenvalue weighted by molar-refractivity contribution is 5.91. The van der Waals surface area contributed by atoms with Crippen LogP contribution >= 0.6 is 0 Å². The van der Waals surface area contributed by atoms with Crippen LogP contribution in [-0.4, -0.2) is 70.0 Å². The fraction of sp³-hybridized carbons (Fsp3) is 0.826. The highest BCUT2D eigenvalue weighted by Crippen LogP contribution is 2.31. The zero-order valence-corrected chi connectivity index (χ0v) is 19.3. The van der Waals surface area contributed by atoms with Gasteiger partial charge in [0, 0.05) is 11.8 Å². The lowest BCUT2D eigenvalue weighted by atomic mass is 9.84. The van der Waals surface area contributed by atoms with Gasteiger partial charge in [0.15, 0.2) is 12.1 Å². The first-order chi connectivity index (χ1) is 14.5. The zero-order valence-electron chi connectivity index (χ0n) is 19.3. The van der Waals surface area contributed by atoms with Crippen molar-refractivity contribution in [2.24, 2.45) is 23.7 Å². The third kappa shape index (κ3) is 6.14. The van der Waals surface area contributed by atoms with Gasteiger partial charge in [-0.1, -0.05) is 33.8 Å². The van der Waals surface area contributed by atoms with E-state index in [0.717, 1.165) is 0 Å². The Balaban J connectivity index is 2.31. The monoisotopic (exact) mass is 442 g/mol. The Hall–Kier alpha value is -1.32. The molecule has 2 aliphatic rings. The second-order valence-electron chi connectivity index (χ2n) is 9.19. The van der Waals surface area contributed by atoms with Gasteiger partial charge in [-0.25, -0.2) is 0 Å². The summed E-state index contributed by atoms with van der Waals surface area (Å²) in [5.74, 6) is -1.78. The molecule has 1 fully saturated rings. The maximum Gasteiger partial charge on any atom is 0.311 e. The number of allylic oxidation sites excluding steroid dienone is 1. The van der Waals surface area contributed by atoms with Crippen LogP contribution < -0.4 is 0 Å². The maximum absolute atomic E-state index is 13.0. The molecule has 8 nitrogen and oxygen atoms in total. The van der Waals surface area contributed by atoms with Gasteiger partial charge in [0.05, 0.1) is 18.1 Å². The van der Waals surface area contributed by atoms with Crippen molar-refractivity contribution in [3.05, 3.63) is 12.2 Å². The fourth-order valence-corrected chi connectivity index (χ4v) is 4.32. The summed E-state index contributed by atoms with van der Waals surface area (Å²) < 4.78 is 17.4. The predicted molar refractivity (Wildman–Crippen MR) is 113 cm³/mol. The van der Waals surface area contributed by atoms with Crippen LogP contribution in [0.15, 0.2) is 12.2 Å². The molecule has 178 valence electrons. The van der Waals surface area contributed by atoms with Crippen molar-refractivity contribution in [1.29, 1.82) is 0 Å². The van der Waals surface area contributed by atoms with Crippen LogP contribution in [0.1, 0.15) is 54.4 Å². The number of carbonyl (C=O) groups excluding carboxylic acids is 2. The number of ketones is 1. The number of aliphatic hydroxyl groups excluding tert-OH is 3. The molecule has 3 N–H and O–H groups in total. The highest BCUT2D eigenvalue weighted by atomic mass is 16.7. The summed E-state index contributed by atoms with van der Waals surface area (Å²) in [6.45, 7) is 10.8. The summed E-state index contributed by atoms with van der Waals surface area (Å²) in [5, 5.41) is 30.4. The molecule has 0 amide bonds. The van der Waals surface area contributed by atoms with E-state index in [4.69, 9.17) is 14.2 Å². The summed E-state index contributed by atoms with van der Waals surface area (Å²) in [7, 11) is 0. The van der Waals surface area contributed by atoms with Gasteiger partial charge in [0.2, 0.25) is 0 Å². The van der Waals surface area contributed by atoms with Crippen molar-refractivity contribution < 1.29 is 39.1 Å². The zero-order chi connectivity index (χ0) is 23.5. The number of hydrogen-bond acceptors (Lipinski definition) is 8. The van der Waals surface area contributed by atoms with E-state index in [1.165, 1.54) is 0 Å². The number of hydrogen-bond donors (Lipinski definition) is 3. The van der Waals surface area contributed by atoms with Crippen molar-refractivity contribution in [3.8, 4) is 0 Å². The number of rotatable bonds is 3. The largest absolute Gasteiger partial charge is 0.461 e. The van der Waals surface area contributed by atoms with E-state index in [0.29, 0.717) is 12.8 Å². The van der Waals surface area contributed by atoms with Gasteiger partial charge in [-0.05, 0) is 38.7 Å². The van der Waals surface area contributed by atoms with Gasteiger partial charge >= 0.3 is 5.97 Å². The summed E-state index contributed by atoms with van der Waals surface area (Å²) in [6, 6.07) is 0. The molecule has 2 heterocycles. The molecular weight excluding hydrogens is 404 g/mol. The number of cyclic esters (lactones) is 1. The maximum atomic E-state index is 13.0. The summed E-state index contributed by atoms with van der Waals surface area (Å²) >= 11 is 0. The van der Waals surface area contributed by atoms with Crippen LogP contribution in [-0.2, 0) is 23.8 Å². The Morgan fingerprint density at radius 2 is 1.68 bits per heavy atom. The SMILES string of the molecule is CCC1OC(=O)C(C)C(OC2OC(C)C(O)C(O)C2O)C(C)CC(C)C(=O)C=CC1C. The smallest absolute Gasteiger partial charge is 0.311 e. The average Bonchev–Trinajstić information content (AvgIpc) is 2.73. The molecule has 0 bridgehead atoms. The molecule has 0 aromatic carbocycles. The number of esters is 1. The lowest BCUT2D eigenvalue weighted by molar-refractivity contribution is -0.311. The van der Waals surface area contributed by atoms with E-state index in [1.54, 1.807) is 26.0 Å². The molecule has 0 spiro atoms. The molecule has 0 radical (unpaired) electrons.